The second-order valence-corrected chi connectivity index (χ2v) is 5.38. The van der Waals surface area contributed by atoms with Crippen LogP contribution in [0.15, 0.2) is 60.1 Å². The molecular weight excluding hydrogens is 312 g/mol. The Balaban J connectivity index is 1.89. The van der Waals surface area contributed by atoms with E-state index >= 15 is 0 Å². The third-order valence-electron chi connectivity index (χ3n) is 3.65. The Morgan fingerprint density at radius 2 is 1.76 bits per heavy atom. The first-order valence-corrected chi connectivity index (χ1v) is 7.42. The van der Waals surface area contributed by atoms with Crippen LogP contribution in [0, 0.1) is 40.9 Å². The summed E-state index contributed by atoms with van der Waals surface area (Å²) in [7, 11) is 0. The van der Waals surface area contributed by atoms with Gasteiger partial charge in [0, 0.05) is 23.6 Å². The van der Waals surface area contributed by atoms with Crippen molar-refractivity contribution in [2.75, 3.05) is 5.32 Å². The van der Waals surface area contributed by atoms with E-state index in [4.69, 9.17) is 15.8 Å². The van der Waals surface area contributed by atoms with Crippen molar-refractivity contribution < 1.29 is 0 Å². The van der Waals surface area contributed by atoms with Crippen molar-refractivity contribution in [2.45, 2.75) is 6.92 Å². The number of fused-ring (bicyclic) bond motifs is 1. The minimum absolute atomic E-state index is 0.0686. The lowest BCUT2D eigenvalue weighted by Gasteiger charge is -2.05. The number of nitrogens with one attached hydrogen (secondary N) is 1. The molecule has 0 spiro atoms. The van der Waals surface area contributed by atoms with E-state index in [-0.39, 0.29) is 11.3 Å². The Morgan fingerprint density at radius 1 is 1.04 bits per heavy atom. The minimum atomic E-state index is -0.248. The summed E-state index contributed by atoms with van der Waals surface area (Å²) in [5.74, 6) is 0. The van der Waals surface area contributed by atoms with E-state index in [0.717, 1.165) is 22.5 Å². The average Bonchev–Trinajstić information content (AvgIpc) is 3.05. The number of nitrogens with zero attached hydrogens (tertiary/aromatic N) is 5. The first-order chi connectivity index (χ1) is 12.1. The molecule has 3 aromatic rings. The molecule has 1 N–H and O–H groups in total. The molecule has 1 aromatic carbocycles. The molecule has 0 atom stereocenters. The first kappa shape index (κ1) is 15.8. The molecule has 6 heteroatoms. The van der Waals surface area contributed by atoms with Crippen LogP contribution in [0.3, 0.4) is 0 Å². The van der Waals surface area contributed by atoms with Crippen molar-refractivity contribution in [3.63, 3.8) is 0 Å². The number of aryl methyl sites for hydroxylation is 1. The SMILES string of the molecule is Cc1ccn2cc(-c3ccc(NC(C#N)=C(C#N)C#N)cc3)nc2c1. The zero-order chi connectivity index (χ0) is 17.8. The first-order valence-electron chi connectivity index (χ1n) is 7.42. The Morgan fingerprint density at radius 3 is 2.40 bits per heavy atom. The Bertz CT molecular complexity index is 1080. The topological polar surface area (TPSA) is 101 Å². The van der Waals surface area contributed by atoms with E-state index < -0.39 is 0 Å². The lowest BCUT2D eigenvalue weighted by Crippen LogP contribution is -2.00. The second-order valence-electron chi connectivity index (χ2n) is 5.38. The molecular formula is C19H12N6. The lowest BCUT2D eigenvalue weighted by molar-refractivity contribution is 1.17. The molecule has 0 radical (unpaired) electrons. The molecule has 3 rings (SSSR count). The molecule has 0 aliphatic carbocycles. The molecule has 0 bridgehead atoms. The Labute approximate surface area is 144 Å². The number of nitriles is 3. The van der Waals surface area contributed by atoms with Crippen LogP contribution in [-0.2, 0) is 0 Å². The standard InChI is InChI=1S/C19H12N6/c1-13-6-7-25-12-18(24-19(25)8-13)14-2-4-16(5-3-14)23-17(11-22)15(9-20)10-21/h2-8,12,23H,1H3. The van der Waals surface area contributed by atoms with Gasteiger partial charge in [-0.3, -0.25) is 0 Å². The van der Waals surface area contributed by atoms with Gasteiger partial charge in [0.05, 0.1) is 5.69 Å². The van der Waals surface area contributed by atoms with Crippen LogP contribution < -0.4 is 5.32 Å². The van der Waals surface area contributed by atoms with E-state index in [1.165, 1.54) is 0 Å². The summed E-state index contributed by atoms with van der Waals surface area (Å²) in [4.78, 5) is 4.60. The number of allylic oxidation sites excluding steroid dienone is 2. The third-order valence-corrected chi connectivity index (χ3v) is 3.65. The smallest absolute Gasteiger partial charge is 0.163 e. The van der Waals surface area contributed by atoms with Crippen molar-refractivity contribution in [2.24, 2.45) is 0 Å². The van der Waals surface area contributed by atoms with Gasteiger partial charge in [0.2, 0.25) is 0 Å². The van der Waals surface area contributed by atoms with Crippen LogP contribution in [0.1, 0.15) is 5.56 Å². The predicted molar refractivity (Wildman–Crippen MR) is 92.9 cm³/mol. The molecule has 0 unspecified atom stereocenters. The van der Waals surface area contributed by atoms with Gasteiger partial charge in [0.15, 0.2) is 5.57 Å². The molecule has 0 amide bonds. The van der Waals surface area contributed by atoms with Gasteiger partial charge in [-0.15, -0.1) is 0 Å². The highest BCUT2D eigenvalue weighted by atomic mass is 15.0. The molecule has 0 saturated heterocycles. The zero-order valence-electron chi connectivity index (χ0n) is 13.4. The van der Waals surface area contributed by atoms with Gasteiger partial charge in [0.25, 0.3) is 0 Å². The molecule has 2 aromatic heterocycles. The number of rotatable bonds is 3. The van der Waals surface area contributed by atoms with E-state index in [2.05, 4.69) is 10.3 Å². The van der Waals surface area contributed by atoms with Crippen LogP contribution >= 0.6 is 0 Å². The summed E-state index contributed by atoms with van der Waals surface area (Å²) in [6, 6.07) is 16.5. The monoisotopic (exact) mass is 324 g/mol. The molecule has 2 heterocycles. The molecule has 6 nitrogen and oxygen atoms in total. The van der Waals surface area contributed by atoms with Crippen molar-refractivity contribution >= 4 is 11.3 Å². The van der Waals surface area contributed by atoms with E-state index in [1.54, 1.807) is 24.3 Å². The highest BCUT2D eigenvalue weighted by Crippen LogP contribution is 2.22. The van der Waals surface area contributed by atoms with E-state index in [1.807, 2.05) is 54.1 Å². The van der Waals surface area contributed by atoms with Crippen molar-refractivity contribution in [1.29, 1.82) is 15.8 Å². The molecule has 0 aliphatic rings. The van der Waals surface area contributed by atoms with Gasteiger partial charge in [-0.25, -0.2) is 4.98 Å². The van der Waals surface area contributed by atoms with Crippen LogP contribution in [0.4, 0.5) is 5.69 Å². The Hall–Kier alpha value is -4.08. The van der Waals surface area contributed by atoms with Gasteiger partial charge in [0.1, 0.15) is 29.6 Å². The van der Waals surface area contributed by atoms with Crippen LogP contribution in [0.2, 0.25) is 0 Å². The second kappa shape index (κ2) is 6.58. The van der Waals surface area contributed by atoms with Gasteiger partial charge >= 0.3 is 0 Å². The highest BCUT2D eigenvalue weighted by Gasteiger charge is 2.08. The van der Waals surface area contributed by atoms with Gasteiger partial charge < -0.3 is 9.72 Å². The summed E-state index contributed by atoms with van der Waals surface area (Å²) in [6.07, 6.45) is 3.91. The summed E-state index contributed by atoms with van der Waals surface area (Å²) in [5.41, 5.74) is 4.08. The molecule has 0 fully saturated rings. The van der Waals surface area contributed by atoms with E-state index in [9.17, 15) is 0 Å². The maximum absolute atomic E-state index is 9.07. The molecule has 25 heavy (non-hydrogen) atoms. The Kier molecular flexibility index (Phi) is 4.16. The maximum Gasteiger partial charge on any atom is 0.163 e. The summed E-state index contributed by atoms with van der Waals surface area (Å²) in [6.45, 7) is 2.02. The van der Waals surface area contributed by atoms with Crippen molar-refractivity contribution in [3.8, 4) is 29.5 Å². The number of aromatic nitrogens is 2. The number of pyridine rings is 1. The number of benzene rings is 1. The predicted octanol–water partition coefficient (Wildman–Crippen LogP) is 3.55. The largest absolute Gasteiger partial charge is 0.345 e. The minimum Gasteiger partial charge on any atom is -0.345 e. The van der Waals surface area contributed by atoms with Gasteiger partial charge in [-0.2, -0.15) is 15.8 Å². The van der Waals surface area contributed by atoms with Crippen LogP contribution in [-0.4, -0.2) is 9.38 Å². The fraction of sp³-hybridized carbons (Fsp3) is 0.0526. The molecule has 0 aliphatic heterocycles. The lowest BCUT2D eigenvalue weighted by atomic mass is 10.1. The number of hydrogen-bond acceptors (Lipinski definition) is 5. The highest BCUT2D eigenvalue weighted by molar-refractivity contribution is 5.67. The third kappa shape index (κ3) is 3.17. The molecule has 0 saturated carbocycles. The zero-order valence-corrected chi connectivity index (χ0v) is 13.4. The number of hydrogen-bond donors (Lipinski definition) is 1. The number of imidazole rings is 1. The maximum atomic E-state index is 9.07. The molecule has 118 valence electrons. The average molecular weight is 324 g/mol. The summed E-state index contributed by atoms with van der Waals surface area (Å²) < 4.78 is 1.96. The fourth-order valence-corrected chi connectivity index (χ4v) is 2.37. The summed E-state index contributed by atoms with van der Waals surface area (Å²) >= 11 is 0. The summed E-state index contributed by atoms with van der Waals surface area (Å²) in [5, 5.41) is 29.6. The van der Waals surface area contributed by atoms with Gasteiger partial charge in [-0.05, 0) is 36.8 Å². The fourth-order valence-electron chi connectivity index (χ4n) is 2.37. The quantitative estimate of drug-likeness (QED) is 0.742. The van der Waals surface area contributed by atoms with Crippen LogP contribution in [0.5, 0.6) is 0 Å². The van der Waals surface area contributed by atoms with Crippen molar-refractivity contribution in [3.05, 3.63) is 65.6 Å². The normalized spacial score (nSPS) is 9.68. The van der Waals surface area contributed by atoms with Gasteiger partial charge in [-0.1, -0.05) is 12.1 Å². The van der Waals surface area contributed by atoms with Crippen molar-refractivity contribution in [1.82, 2.24) is 9.38 Å². The van der Waals surface area contributed by atoms with Crippen LogP contribution in [0.25, 0.3) is 16.9 Å². The number of anilines is 1. The van der Waals surface area contributed by atoms with E-state index in [0.29, 0.717) is 5.69 Å².